The number of sulfone groups is 1. The molecule has 1 aliphatic heterocycles. The molecule has 0 saturated heterocycles. The average Bonchev–Trinajstić information content (AvgIpc) is 2.78. The molecule has 164 valence electrons. The number of benzene rings is 2. The zero-order valence-electron chi connectivity index (χ0n) is 17.2. The van der Waals surface area contributed by atoms with Crippen molar-refractivity contribution in [1.29, 1.82) is 0 Å². The number of rotatable bonds is 7. The van der Waals surface area contributed by atoms with Crippen LogP contribution in [0.25, 0.3) is 0 Å². The topological polar surface area (TPSA) is 120 Å². The van der Waals surface area contributed by atoms with Crippen molar-refractivity contribution in [2.45, 2.75) is 10.9 Å². The lowest BCUT2D eigenvalue weighted by molar-refractivity contribution is -0.136. The number of urea groups is 1. The first kappa shape index (κ1) is 22.2. The molecule has 9 nitrogen and oxygen atoms in total. The molecule has 2 amide bonds. The number of hydrogen-bond donors (Lipinski definition) is 2. The van der Waals surface area contributed by atoms with Crippen molar-refractivity contribution in [1.82, 2.24) is 10.6 Å². The van der Waals surface area contributed by atoms with Crippen LogP contribution in [-0.2, 0) is 19.4 Å². The SMILES string of the molecule is COC(=O)C1=C(CS(=O)(=O)c2cc(OC)ccc2OC)NC(=O)NC1c1ccccc1. The third-order valence-electron chi connectivity index (χ3n) is 4.73. The lowest BCUT2D eigenvalue weighted by Crippen LogP contribution is -2.47. The van der Waals surface area contributed by atoms with Gasteiger partial charge in [0.15, 0.2) is 9.84 Å². The summed E-state index contributed by atoms with van der Waals surface area (Å²) in [5, 5.41) is 5.10. The first-order chi connectivity index (χ1) is 14.8. The quantitative estimate of drug-likeness (QED) is 0.624. The van der Waals surface area contributed by atoms with Gasteiger partial charge in [0.2, 0.25) is 0 Å². The predicted octanol–water partition coefficient (Wildman–Crippen LogP) is 1.96. The fraction of sp³-hybridized carbons (Fsp3) is 0.238. The highest BCUT2D eigenvalue weighted by Gasteiger charge is 2.36. The predicted molar refractivity (Wildman–Crippen MR) is 111 cm³/mol. The Morgan fingerprint density at radius 3 is 2.35 bits per heavy atom. The number of carbonyl (C=O) groups is 2. The molecule has 0 aromatic heterocycles. The van der Waals surface area contributed by atoms with Gasteiger partial charge < -0.3 is 24.8 Å². The van der Waals surface area contributed by atoms with Crippen molar-refractivity contribution < 1.29 is 32.2 Å². The Bertz CT molecular complexity index is 1130. The van der Waals surface area contributed by atoms with Crippen molar-refractivity contribution in [3.05, 3.63) is 65.4 Å². The van der Waals surface area contributed by atoms with Gasteiger partial charge >= 0.3 is 12.0 Å². The van der Waals surface area contributed by atoms with Crippen LogP contribution in [0.15, 0.2) is 64.7 Å². The normalized spacial score (nSPS) is 16.2. The summed E-state index contributed by atoms with van der Waals surface area (Å²) < 4.78 is 41.7. The van der Waals surface area contributed by atoms with Gasteiger partial charge in [-0.1, -0.05) is 30.3 Å². The Morgan fingerprint density at radius 2 is 1.74 bits per heavy atom. The molecule has 1 aliphatic rings. The fourth-order valence-electron chi connectivity index (χ4n) is 3.27. The Balaban J connectivity index is 2.13. The minimum Gasteiger partial charge on any atom is -0.497 e. The van der Waals surface area contributed by atoms with Crippen molar-refractivity contribution in [3.8, 4) is 11.5 Å². The van der Waals surface area contributed by atoms with Crippen LogP contribution in [-0.4, -0.2) is 47.5 Å². The van der Waals surface area contributed by atoms with Crippen LogP contribution in [0.2, 0.25) is 0 Å². The smallest absolute Gasteiger partial charge is 0.338 e. The third-order valence-corrected chi connectivity index (χ3v) is 6.39. The largest absolute Gasteiger partial charge is 0.497 e. The van der Waals surface area contributed by atoms with Gasteiger partial charge in [-0.05, 0) is 17.7 Å². The van der Waals surface area contributed by atoms with Gasteiger partial charge in [-0.2, -0.15) is 0 Å². The maximum absolute atomic E-state index is 13.3. The molecule has 0 radical (unpaired) electrons. The number of carbonyl (C=O) groups excluding carboxylic acids is 2. The molecule has 2 N–H and O–H groups in total. The van der Waals surface area contributed by atoms with Crippen molar-refractivity contribution in [3.63, 3.8) is 0 Å². The van der Waals surface area contributed by atoms with E-state index in [1.54, 1.807) is 36.4 Å². The van der Waals surface area contributed by atoms with Crippen LogP contribution in [0.1, 0.15) is 11.6 Å². The molecule has 31 heavy (non-hydrogen) atoms. The average molecular weight is 446 g/mol. The van der Waals surface area contributed by atoms with Gasteiger partial charge in [-0.15, -0.1) is 0 Å². The molecule has 0 saturated carbocycles. The summed E-state index contributed by atoms with van der Waals surface area (Å²) in [5.74, 6) is -0.986. The van der Waals surface area contributed by atoms with Crippen molar-refractivity contribution >= 4 is 21.8 Å². The summed E-state index contributed by atoms with van der Waals surface area (Å²) in [6.07, 6.45) is 0. The Morgan fingerprint density at radius 1 is 1.03 bits per heavy atom. The van der Waals surface area contributed by atoms with Crippen LogP contribution >= 0.6 is 0 Å². The molecule has 1 atom stereocenters. The van der Waals surface area contributed by atoms with Gasteiger partial charge in [-0.25, -0.2) is 18.0 Å². The van der Waals surface area contributed by atoms with Gasteiger partial charge in [0.05, 0.1) is 38.7 Å². The lowest BCUT2D eigenvalue weighted by Gasteiger charge is -2.29. The van der Waals surface area contributed by atoms with E-state index in [1.807, 2.05) is 0 Å². The summed E-state index contributed by atoms with van der Waals surface area (Å²) in [7, 11) is -0.111. The second-order valence-electron chi connectivity index (χ2n) is 6.60. The second-order valence-corrected chi connectivity index (χ2v) is 8.56. The molecule has 0 spiro atoms. The molecule has 1 unspecified atom stereocenters. The first-order valence-electron chi connectivity index (χ1n) is 9.19. The zero-order valence-corrected chi connectivity index (χ0v) is 18.0. The van der Waals surface area contributed by atoms with Gasteiger partial charge in [0.25, 0.3) is 0 Å². The minimum atomic E-state index is -4.05. The molecule has 0 aliphatic carbocycles. The maximum Gasteiger partial charge on any atom is 0.338 e. The van der Waals surface area contributed by atoms with Gasteiger partial charge in [-0.3, -0.25) is 0 Å². The zero-order chi connectivity index (χ0) is 22.6. The molecule has 10 heteroatoms. The number of methoxy groups -OCH3 is 3. The van der Waals surface area contributed by atoms with E-state index in [4.69, 9.17) is 14.2 Å². The molecular weight excluding hydrogens is 424 g/mol. The Kier molecular flexibility index (Phi) is 6.50. The summed E-state index contributed by atoms with van der Waals surface area (Å²) in [4.78, 5) is 24.8. The van der Waals surface area contributed by atoms with Gasteiger partial charge in [0, 0.05) is 11.8 Å². The van der Waals surface area contributed by atoms with Crippen LogP contribution < -0.4 is 20.1 Å². The van der Waals surface area contributed by atoms with E-state index >= 15 is 0 Å². The molecule has 1 heterocycles. The summed E-state index contributed by atoms with van der Waals surface area (Å²) in [5.41, 5.74) is 0.527. The van der Waals surface area contributed by atoms with Crippen molar-refractivity contribution in [2.24, 2.45) is 0 Å². The monoisotopic (exact) mass is 446 g/mol. The van der Waals surface area contributed by atoms with E-state index in [0.717, 1.165) is 0 Å². The minimum absolute atomic E-state index is 0.00117. The van der Waals surface area contributed by atoms with E-state index in [0.29, 0.717) is 11.3 Å². The van der Waals surface area contributed by atoms with E-state index in [1.165, 1.54) is 33.5 Å². The number of esters is 1. The number of nitrogens with one attached hydrogen (secondary N) is 2. The number of hydrogen-bond acceptors (Lipinski definition) is 7. The standard InChI is InChI=1S/C21H22N2O7S/c1-28-14-9-10-16(29-2)17(11-14)31(26,27)12-15-18(20(24)30-3)19(23-21(25)22-15)13-7-5-4-6-8-13/h4-11,19H,12H2,1-3H3,(H2,22,23,25). The van der Waals surface area contributed by atoms with Gasteiger partial charge in [0.1, 0.15) is 16.4 Å². The molecule has 0 fully saturated rings. The Hall–Kier alpha value is -3.53. The highest BCUT2D eigenvalue weighted by atomic mass is 32.2. The fourth-order valence-corrected chi connectivity index (χ4v) is 4.79. The van der Waals surface area contributed by atoms with Crippen LogP contribution in [0.4, 0.5) is 4.79 Å². The number of ether oxygens (including phenoxy) is 3. The third kappa shape index (κ3) is 4.64. The lowest BCUT2D eigenvalue weighted by atomic mass is 9.96. The molecule has 3 rings (SSSR count). The van der Waals surface area contributed by atoms with E-state index in [9.17, 15) is 18.0 Å². The van der Waals surface area contributed by atoms with Crippen molar-refractivity contribution in [2.75, 3.05) is 27.1 Å². The highest BCUT2D eigenvalue weighted by molar-refractivity contribution is 7.91. The maximum atomic E-state index is 13.3. The molecular formula is C21H22N2O7S. The summed E-state index contributed by atoms with van der Waals surface area (Å²) in [6.45, 7) is 0. The van der Waals surface area contributed by atoms with E-state index in [2.05, 4.69) is 10.6 Å². The number of amides is 2. The summed E-state index contributed by atoms with van der Waals surface area (Å²) >= 11 is 0. The molecule has 2 aromatic rings. The highest BCUT2D eigenvalue weighted by Crippen LogP contribution is 2.32. The second kappa shape index (κ2) is 9.09. The van der Waals surface area contributed by atoms with E-state index < -0.39 is 33.6 Å². The van der Waals surface area contributed by atoms with Crippen LogP contribution in [0.5, 0.6) is 11.5 Å². The summed E-state index contributed by atoms with van der Waals surface area (Å²) in [6, 6.07) is 11.6. The van der Waals surface area contributed by atoms with E-state index in [-0.39, 0.29) is 21.9 Å². The van der Waals surface area contributed by atoms with Crippen LogP contribution in [0, 0.1) is 0 Å². The molecule has 2 aromatic carbocycles. The Labute approximate surface area is 179 Å². The first-order valence-corrected chi connectivity index (χ1v) is 10.8. The van der Waals surface area contributed by atoms with Crippen LogP contribution in [0.3, 0.4) is 0 Å². The molecule has 0 bridgehead atoms.